The molecule has 0 fully saturated rings. The van der Waals surface area contributed by atoms with Crippen molar-refractivity contribution in [1.82, 2.24) is 4.90 Å². The molecule has 0 unspecified atom stereocenters. The second kappa shape index (κ2) is 9.94. The first kappa shape index (κ1) is 20.7. The summed E-state index contributed by atoms with van der Waals surface area (Å²) in [6, 6.07) is 27.6. The van der Waals surface area contributed by atoms with Gasteiger partial charge in [0.1, 0.15) is 5.75 Å². The van der Waals surface area contributed by atoms with Crippen LogP contribution in [-0.4, -0.2) is 36.4 Å². The molecule has 0 atom stereocenters. The third-order valence-electron chi connectivity index (χ3n) is 5.44. The number of hydrogen-bond donors (Lipinski definition) is 0. The second-order valence-corrected chi connectivity index (χ2v) is 7.59. The lowest BCUT2D eigenvalue weighted by molar-refractivity contribution is -0.131. The van der Waals surface area contributed by atoms with E-state index < -0.39 is 0 Å². The Bertz CT molecular complexity index is 1020. The quantitative estimate of drug-likeness (QED) is 0.558. The minimum atomic E-state index is -0.120. The molecule has 0 saturated carbocycles. The van der Waals surface area contributed by atoms with Crippen molar-refractivity contribution < 1.29 is 14.3 Å². The Balaban J connectivity index is 1.44. The lowest BCUT2D eigenvalue weighted by Crippen LogP contribution is -2.42. The average molecular weight is 415 g/mol. The zero-order valence-electron chi connectivity index (χ0n) is 17.4. The minimum Gasteiger partial charge on any atom is -0.482 e. The molecule has 0 aromatic heterocycles. The number of para-hydroxylation sites is 2. The molecule has 3 aromatic rings. The number of fused-ring (bicyclic) bond motifs is 1. The van der Waals surface area contributed by atoms with Crippen LogP contribution in [0.2, 0.25) is 0 Å². The molecule has 4 rings (SSSR count). The summed E-state index contributed by atoms with van der Waals surface area (Å²) in [4.78, 5) is 29.2. The maximum absolute atomic E-state index is 13.2. The van der Waals surface area contributed by atoms with E-state index in [1.807, 2.05) is 77.7 Å². The van der Waals surface area contributed by atoms with E-state index in [-0.39, 0.29) is 24.8 Å². The normalized spacial score (nSPS) is 12.8. The van der Waals surface area contributed by atoms with Gasteiger partial charge in [-0.05, 0) is 29.7 Å². The fourth-order valence-corrected chi connectivity index (χ4v) is 3.77. The number of benzene rings is 3. The first-order chi connectivity index (χ1) is 15.2. The number of amides is 2. The number of anilines is 1. The third kappa shape index (κ3) is 5.31. The van der Waals surface area contributed by atoms with Crippen molar-refractivity contribution in [3.8, 4) is 5.75 Å². The van der Waals surface area contributed by atoms with Crippen LogP contribution >= 0.6 is 0 Å². The number of nitrogens with zero attached hydrogens (tertiary/aromatic N) is 2. The topological polar surface area (TPSA) is 49.9 Å². The molecule has 0 saturated heterocycles. The molecule has 0 radical (unpaired) electrons. The summed E-state index contributed by atoms with van der Waals surface area (Å²) in [7, 11) is 0. The van der Waals surface area contributed by atoms with E-state index >= 15 is 0 Å². The molecule has 5 nitrogen and oxygen atoms in total. The average Bonchev–Trinajstić information content (AvgIpc) is 2.82. The predicted octanol–water partition coefficient (Wildman–Crippen LogP) is 4.07. The number of rotatable bonds is 8. The van der Waals surface area contributed by atoms with Crippen molar-refractivity contribution in [2.75, 3.05) is 24.6 Å². The van der Waals surface area contributed by atoms with Gasteiger partial charge in [-0.15, -0.1) is 0 Å². The van der Waals surface area contributed by atoms with Crippen molar-refractivity contribution in [3.05, 3.63) is 96.1 Å². The maximum atomic E-state index is 13.2. The van der Waals surface area contributed by atoms with Crippen molar-refractivity contribution in [2.45, 2.75) is 19.4 Å². The van der Waals surface area contributed by atoms with E-state index in [0.717, 1.165) is 17.7 Å². The van der Waals surface area contributed by atoms with Gasteiger partial charge in [-0.2, -0.15) is 0 Å². The Morgan fingerprint density at radius 1 is 0.871 bits per heavy atom. The minimum absolute atomic E-state index is 0.00689. The third-order valence-corrected chi connectivity index (χ3v) is 5.44. The zero-order valence-corrected chi connectivity index (χ0v) is 17.4. The first-order valence-corrected chi connectivity index (χ1v) is 10.6. The molecule has 0 N–H and O–H groups in total. The van der Waals surface area contributed by atoms with Crippen LogP contribution in [0.4, 0.5) is 5.69 Å². The Morgan fingerprint density at radius 3 is 2.26 bits per heavy atom. The summed E-state index contributed by atoms with van der Waals surface area (Å²) < 4.78 is 5.50. The molecule has 1 heterocycles. The van der Waals surface area contributed by atoms with Crippen LogP contribution < -0.4 is 9.64 Å². The second-order valence-electron chi connectivity index (χ2n) is 7.59. The van der Waals surface area contributed by atoms with Crippen LogP contribution in [-0.2, 0) is 22.6 Å². The molecular formula is C26H26N2O3. The van der Waals surface area contributed by atoms with Gasteiger partial charge in [-0.3, -0.25) is 9.59 Å². The Hall–Kier alpha value is -3.60. The number of carbonyl (C=O) groups is 2. The molecule has 0 spiro atoms. The molecule has 3 aromatic carbocycles. The van der Waals surface area contributed by atoms with Crippen molar-refractivity contribution >= 4 is 17.5 Å². The number of ether oxygens (including phenoxy) is 1. The molecule has 1 aliphatic rings. The molecule has 2 amide bonds. The lowest BCUT2D eigenvalue weighted by atomic mass is 10.1. The van der Waals surface area contributed by atoms with E-state index in [4.69, 9.17) is 4.74 Å². The van der Waals surface area contributed by atoms with Gasteiger partial charge in [0.15, 0.2) is 6.61 Å². The summed E-state index contributed by atoms with van der Waals surface area (Å²) in [5.74, 6) is 0.599. The smallest absolute Gasteiger partial charge is 0.265 e. The molecule has 5 heteroatoms. The van der Waals surface area contributed by atoms with Crippen LogP contribution in [0.15, 0.2) is 84.9 Å². The lowest BCUT2D eigenvalue weighted by Gasteiger charge is -2.30. The number of hydrogen-bond acceptors (Lipinski definition) is 3. The summed E-state index contributed by atoms with van der Waals surface area (Å²) in [6.07, 6.45) is 1.06. The summed E-state index contributed by atoms with van der Waals surface area (Å²) in [5, 5.41) is 0. The van der Waals surface area contributed by atoms with Crippen LogP contribution in [0.5, 0.6) is 5.75 Å². The highest BCUT2D eigenvalue weighted by Crippen LogP contribution is 2.31. The largest absolute Gasteiger partial charge is 0.482 e. The van der Waals surface area contributed by atoms with Gasteiger partial charge in [0, 0.05) is 26.1 Å². The summed E-state index contributed by atoms with van der Waals surface area (Å²) in [6.45, 7) is 1.53. The van der Waals surface area contributed by atoms with E-state index in [0.29, 0.717) is 25.4 Å². The molecule has 0 bridgehead atoms. The Kier molecular flexibility index (Phi) is 6.62. The molecule has 1 aliphatic heterocycles. The highest BCUT2D eigenvalue weighted by molar-refractivity contribution is 5.98. The maximum Gasteiger partial charge on any atom is 0.265 e. The Labute approximate surface area is 182 Å². The van der Waals surface area contributed by atoms with Crippen LogP contribution in [0.1, 0.15) is 17.5 Å². The van der Waals surface area contributed by atoms with Gasteiger partial charge in [-0.1, -0.05) is 72.8 Å². The molecule has 158 valence electrons. The fourth-order valence-electron chi connectivity index (χ4n) is 3.77. The molecule has 31 heavy (non-hydrogen) atoms. The van der Waals surface area contributed by atoms with Gasteiger partial charge in [0.05, 0.1) is 5.69 Å². The van der Waals surface area contributed by atoms with Gasteiger partial charge in [-0.25, -0.2) is 0 Å². The van der Waals surface area contributed by atoms with Gasteiger partial charge < -0.3 is 14.5 Å². The van der Waals surface area contributed by atoms with Gasteiger partial charge in [0.25, 0.3) is 5.91 Å². The SMILES string of the molecule is O=C(CCN1C(=O)COc2ccccc21)N(CCc1ccccc1)Cc1ccccc1. The van der Waals surface area contributed by atoms with E-state index in [1.54, 1.807) is 4.90 Å². The zero-order chi connectivity index (χ0) is 21.5. The standard InChI is InChI=1S/C26H26N2O3/c29-25(16-18-28-23-13-7-8-14-24(23)31-20-26(28)30)27(19-22-11-5-2-6-12-22)17-15-21-9-3-1-4-10-21/h1-14H,15-20H2. The van der Waals surface area contributed by atoms with Gasteiger partial charge >= 0.3 is 0 Å². The van der Waals surface area contributed by atoms with Crippen molar-refractivity contribution in [2.24, 2.45) is 0 Å². The van der Waals surface area contributed by atoms with E-state index in [1.165, 1.54) is 5.56 Å². The first-order valence-electron chi connectivity index (χ1n) is 10.6. The highest BCUT2D eigenvalue weighted by atomic mass is 16.5. The van der Waals surface area contributed by atoms with E-state index in [9.17, 15) is 9.59 Å². The summed E-state index contributed by atoms with van der Waals surface area (Å²) in [5.41, 5.74) is 3.02. The van der Waals surface area contributed by atoms with E-state index in [2.05, 4.69) is 12.1 Å². The van der Waals surface area contributed by atoms with Crippen molar-refractivity contribution in [3.63, 3.8) is 0 Å². The summed E-state index contributed by atoms with van der Waals surface area (Å²) >= 11 is 0. The Morgan fingerprint density at radius 2 is 1.52 bits per heavy atom. The molecular weight excluding hydrogens is 388 g/mol. The fraction of sp³-hybridized carbons (Fsp3) is 0.231. The predicted molar refractivity (Wildman–Crippen MR) is 121 cm³/mol. The van der Waals surface area contributed by atoms with Crippen molar-refractivity contribution in [1.29, 1.82) is 0 Å². The molecule has 0 aliphatic carbocycles. The number of carbonyl (C=O) groups excluding carboxylic acids is 2. The van der Waals surface area contributed by atoms with Crippen LogP contribution in [0.25, 0.3) is 0 Å². The highest BCUT2D eigenvalue weighted by Gasteiger charge is 2.26. The monoisotopic (exact) mass is 414 g/mol. The van der Waals surface area contributed by atoms with Crippen LogP contribution in [0, 0.1) is 0 Å². The van der Waals surface area contributed by atoms with Crippen LogP contribution in [0.3, 0.4) is 0 Å². The van der Waals surface area contributed by atoms with Gasteiger partial charge in [0.2, 0.25) is 5.91 Å².